The summed E-state index contributed by atoms with van der Waals surface area (Å²) >= 11 is 6.30. The van der Waals surface area contributed by atoms with E-state index >= 15 is 0 Å². The van der Waals surface area contributed by atoms with Gasteiger partial charge in [0.15, 0.2) is 11.5 Å². The van der Waals surface area contributed by atoms with Crippen molar-refractivity contribution in [2.24, 2.45) is 11.3 Å². The van der Waals surface area contributed by atoms with Crippen LogP contribution < -0.4 is 9.47 Å². The lowest BCUT2D eigenvalue weighted by Crippen LogP contribution is -2.50. The van der Waals surface area contributed by atoms with Gasteiger partial charge in [-0.25, -0.2) is 0 Å². The molecule has 0 spiro atoms. The third-order valence-corrected chi connectivity index (χ3v) is 7.35. The minimum atomic E-state index is -0.900. The third kappa shape index (κ3) is 5.51. The molecule has 1 saturated carbocycles. The molecule has 0 N–H and O–H groups in total. The Labute approximate surface area is 204 Å². The van der Waals surface area contributed by atoms with Crippen molar-refractivity contribution in [2.45, 2.75) is 46.1 Å². The van der Waals surface area contributed by atoms with Crippen LogP contribution in [-0.4, -0.2) is 59.9 Å². The number of hydrogen-bond donors (Lipinski definition) is 0. The lowest BCUT2D eigenvalue weighted by atomic mass is 9.67. The SMILES string of the molecule is CCOC(=S)SCC(=O)N1CCc2cc(OC)c(OC)cc2[C@@H]1C1C(=O)CC(C)(C)CC1=O. The lowest BCUT2D eigenvalue weighted by molar-refractivity contribution is -0.146. The topological polar surface area (TPSA) is 82.1 Å². The van der Waals surface area contributed by atoms with Gasteiger partial charge in [0.25, 0.3) is 0 Å². The van der Waals surface area contributed by atoms with Crippen LogP contribution in [0.15, 0.2) is 12.1 Å². The lowest BCUT2D eigenvalue weighted by Gasteiger charge is -2.44. The predicted octanol–water partition coefficient (Wildman–Crippen LogP) is 3.76. The summed E-state index contributed by atoms with van der Waals surface area (Å²) in [5, 5.41) is 0. The number of benzene rings is 1. The van der Waals surface area contributed by atoms with Gasteiger partial charge in [-0.2, -0.15) is 0 Å². The molecule has 0 unspecified atom stereocenters. The summed E-state index contributed by atoms with van der Waals surface area (Å²) in [5.74, 6) is -0.175. The Morgan fingerprint density at radius 3 is 2.33 bits per heavy atom. The fraction of sp³-hybridized carbons (Fsp3) is 0.583. The van der Waals surface area contributed by atoms with Gasteiger partial charge in [0, 0.05) is 19.4 Å². The van der Waals surface area contributed by atoms with E-state index in [4.69, 9.17) is 26.4 Å². The Balaban J connectivity index is 2.02. The summed E-state index contributed by atoms with van der Waals surface area (Å²) in [5.41, 5.74) is 1.33. The van der Waals surface area contributed by atoms with E-state index in [0.717, 1.165) is 22.9 Å². The van der Waals surface area contributed by atoms with E-state index in [1.807, 2.05) is 26.8 Å². The molecular formula is C24H31NO6S2. The maximum Gasteiger partial charge on any atom is 0.233 e. The number of carbonyl (C=O) groups is 3. The van der Waals surface area contributed by atoms with Crippen LogP contribution in [0.4, 0.5) is 0 Å². The highest BCUT2D eigenvalue weighted by Crippen LogP contribution is 2.46. The first-order valence-electron chi connectivity index (χ1n) is 11.0. The number of thioether (sulfide) groups is 1. The molecule has 0 radical (unpaired) electrons. The number of ether oxygens (including phenoxy) is 3. The van der Waals surface area contributed by atoms with Gasteiger partial charge >= 0.3 is 0 Å². The number of carbonyl (C=O) groups excluding carboxylic acids is 3. The quantitative estimate of drug-likeness (QED) is 0.438. The van der Waals surface area contributed by atoms with Crippen molar-refractivity contribution in [3.63, 3.8) is 0 Å². The first-order chi connectivity index (χ1) is 15.6. The minimum Gasteiger partial charge on any atom is -0.493 e. The standard InChI is InChI=1S/C24H31NO6S2/c1-6-31-23(32)33-13-20(28)25-8-7-14-9-18(29-4)19(30-5)10-15(14)22(25)21-16(26)11-24(2,3)12-17(21)27/h9-10,21-22H,6-8,11-13H2,1-5H3/t22-/m1/s1. The fourth-order valence-corrected chi connectivity index (χ4v) is 5.64. The monoisotopic (exact) mass is 493 g/mol. The molecule has 33 heavy (non-hydrogen) atoms. The van der Waals surface area contributed by atoms with Gasteiger partial charge in [0.1, 0.15) is 17.5 Å². The molecule has 1 aliphatic heterocycles. The van der Waals surface area contributed by atoms with Crippen LogP contribution >= 0.6 is 24.0 Å². The van der Waals surface area contributed by atoms with Crippen molar-refractivity contribution in [1.29, 1.82) is 0 Å². The van der Waals surface area contributed by atoms with Crippen molar-refractivity contribution in [3.05, 3.63) is 23.3 Å². The molecular weight excluding hydrogens is 462 g/mol. The molecule has 1 aromatic rings. The summed E-state index contributed by atoms with van der Waals surface area (Å²) in [6.07, 6.45) is 1.18. The van der Waals surface area contributed by atoms with Crippen LogP contribution in [0, 0.1) is 11.3 Å². The maximum atomic E-state index is 13.3. The van der Waals surface area contributed by atoms with Crippen LogP contribution in [0.25, 0.3) is 0 Å². The second-order valence-corrected chi connectivity index (χ2v) is 10.7. The first-order valence-corrected chi connectivity index (χ1v) is 12.4. The number of fused-ring (bicyclic) bond motifs is 1. The van der Waals surface area contributed by atoms with Crippen molar-refractivity contribution in [3.8, 4) is 11.5 Å². The van der Waals surface area contributed by atoms with E-state index in [0.29, 0.717) is 48.3 Å². The Morgan fingerprint density at radius 2 is 1.76 bits per heavy atom. The van der Waals surface area contributed by atoms with Gasteiger partial charge in [0.05, 0.1) is 32.6 Å². The largest absolute Gasteiger partial charge is 0.493 e. The average Bonchev–Trinajstić information content (AvgIpc) is 2.75. The summed E-state index contributed by atoms with van der Waals surface area (Å²) in [6, 6.07) is 3.00. The molecule has 7 nitrogen and oxygen atoms in total. The van der Waals surface area contributed by atoms with E-state index in [1.54, 1.807) is 18.1 Å². The van der Waals surface area contributed by atoms with E-state index in [-0.39, 0.29) is 28.6 Å². The van der Waals surface area contributed by atoms with E-state index in [9.17, 15) is 14.4 Å². The maximum absolute atomic E-state index is 13.3. The number of amides is 1. The molecule has 3 rings (SSSR count). The van der Waals surface area contributed by atoms with Gasteiger partial charge in [-0.15, -0.1) is 0 Å². The molecule has 1 fully saturated rings. The zero-order chi connectivity index (χ0) is 24.3. The zero-order valence-electron chi connectivity index (χ0n) is 19.8. The van der Waals surface area contributed by atoms with Crippen LogP contribution in [0.1, 0.15) is 50.8 Å². The summed E-state index contributed by atoms with van der Waals surface area (Å²) in [4.78, 5) is 41.5. The Morgan fingerprint density at radius 1 is 1.15 bits per heavy atom. The molecule has 180 valence electrons. The molecule has 0 aromatic heterocycles. The summed E-state index contributed by atoms with van der Waals surface area (Å²) in [6.45, 7) is 6.51. The van der Waals surface area contributed by atoms with Crippen LogP contribution in [0.2, 0.25) is 0 Å². The number of methoxy groups -OCH3 is 2. The van der Waals surface area contributed by atoms with Crippen LogP contribution in [0.5, 0.6) is 11.5 Å². The number of thiocarbonyl (C=S) groups is 1. The Bertz CT molecular complexity index is 941. The number of nitrogens with zero attached hydrogens (tertiary/aromatic N) is 1. The van der Waals surface area contributed by atoms with Gasteiger partial charge in [-0.3, -0.25) is 14.4 Å². The van der Waals surface area contributed by atoms with Crippen molar-refractivity contribution in [2.75, 3.05) is 33.1 Å². The molecule has 1 amide bonds. The van der Waals surface area contributed by atoms with Crippen molar-refractivity contribution >= 4 is 45.8 Å². The number of ketones is 2. The van der Waals surface area contributed by atoms with Crippen LogP contribution in [-0.2, 0) is 25.5 Å². The highest BCUT2D eigenvalue weighted by Gasteiger charge is 2.48. The van der Waals surface area contributed by atoms with Gasteiger partial charge in [0.2, 0.25) is 10.3 Å². The van der Waals surface area contributed by atoms with Crippen molar-refractivity contribution in [1.82, 2.24) is 4.90 Å². The molecule has 1 aromatic carbocycles. The third-order valence-electron chi connectivity index (χ3n) is 6.13. The molecule has 1 heterocycles. The molecule has 0 bridgehead atoms. The fourth-order valence-electron chi connectivity index (χ4n) is 4.74. The number of hydrogen-bond acceptors (Lipinski definition) is 8. The van der Waals surface area contributed by atoms with E-state index in [2.05, 4.69) is 0 Å². The smallest absolute Gasteiger partial charge is 0.233 e. The molecule has 2 aliphatic rings. The second-order valence-electron chi connectivity index (χ2n) is 9.09. The Hall–Kier alpha value is -2.13. The Kier molecular flexibility index (Phi) is 8.05. The second kappa shape index (κ2) is 10.4. The van der Waals surface area contributed by atoms with E-state index < -0.39 is 12.0 Å². The number of rotatable bonds is 6. The van der Waals surface area contributed by atoms with Gasteiger partial charge in [-0.1, -0.05) is 25.6 Å². The summed E-state index contributed by atoms with van der Waals surface area (Å²) in [7, 11) is 3.10. The minimum absolute atomic E-state index is 0.0819. The number of Topliss-reactive ketones (excluding diaryl/α,β-unsaturated/α-hetero) is 2. The van der Waals surface area contributed by atoms with Gasteiger partial charge < -0.3 is 19.1 Å². The summed E-state index contributed by atoms with van der Waals surface area (Å²) < 4.78 is 16.5. The first kappa shape index (κ1) is 25.5. The highest BCUT2D eigenvalue weighted by molar-refractivity contribution is 8.23. The molecule has 0 saturated heterocycles. The molecule has 1 atom stereocenters. The molecule has 1 aliphatic carbocycles. The zero-order valence-corrected chi connectivity index (χ0v) is 21.4. The van der Waals surface area contributed by atoms with E-state index in [1.165, 1.54) is 7.11 Å². The average molecular weight is 494 g/mol. The van der Waals surface area contributed by atoms with Crippen LogP contribution in [0.3, 0.4) is 0 Å². The molecule has 9 heteroatoms. The van der Waals surface area contributed by atoms with Gasteiger partial charge in [-0.05, 0) is 54.2 Å². The van der Waals surface area contributed by atoms with Crippen molar-refractivity contribution < 1.29 is 28.6 Å². The highest BCUT2D eigenvalue weighted by atomic mass is 32.2. The normalized spacial score (nSPS) is 20.3. The predicted molar refractivity (Wildman–Crippen MR) is 131 cm³/mol.